The summed E-state index contributed by atoms with van der Waals surface area (Å²) in [5.41, 5.74) is 3.11. The Morgan fingerprint density at radius 1 is 1.17 bits per heavy atom. The molecular formula is C14H14N4. The highest BCUT2D eigenvalue weighted by molar-refractivity contribution is 5.90. The van der Waals surface area contributed by atoms with Gasteiger partial charge >= 0.3 is 0 Å². The van der Waals surface area contributed by atoms with E-state index in [0.717, 1.165) is 34.7 Å². The number of rotatable bonds is 3. The van der Waals surface area contributed by atoms with Crippen LogP contribution >= 0.6 is 0 Å². The van der Waals surface area contributed by atoms with Gasteiger partial charge in [0.05, 0.1) is 29.6 Å². The molecule has 18 heavy (non-hydrogen) atoms. The van der Waals surface area contributed by atoms with E-state index in [1.165, 1.54) is 0 Å². The molecule has 0 aliphatic carbocycles. The lowest BCUT2D eigenvalue weighted by atomic mass is 10.2. The number of anilines is 1. The standard InChI is InChI=1S/C14H14N4/c1-10-16-8-12(18-10)9-17-13-6-2-4-11-5-3-7-15-14(11)13/h2-8,17H,9H2,1H3,(H,16,18). The first-order valence-electron chi connectivity index (χ1n) is 5.91. The summed E-state index contributed by atoms with van der Waals surface area (Å²) < 4.78 is 0. The number of para-hydroxylation sites is 1. The van der Waals surface area contributed by atoms with E-state index in [9.17, 15) is 0 Å². The fourth-order valence-electron chi connectivity index (χ4n) is 2.00. The predicted molar refractivity (Wildman–Crippen MR) is 72.4 cm³/mol. The number of imidazole rings is 1. The maximum absolute atomic E-state index is 4.41. The first kappa shape index (κ1) is 10.8. The Morgan fingerprint density at radius 2 is 2.06 bits per heavy atom. The summed E-state index contributed by atoms with van der Waals surface area (Å²) >= 11 is 0. The minimum absolute atomic E-state index is 0.719. The van der Waals surface area contributed by atoms with Crippen LogP contribution in [0.1, 0.15) is 11.5 Å². The Morgan fingerprint density at radius 3 is 2.89 bits per heavy atom. The fraction of sp³-hybridized carbons (Fsp3) is 0.143. The van der Waals surface area contributed by atoms with Gasteiger partial charge in [-0.3, -0.25) is 4.98 Å². The monoisotopic (exact) mass is 238 g/mol. The molecule has 90 valence electrons. The lowest BCUT2D eigenvalue weighted by Gasteiger charge is -2.07. The largest absolute Gasteiger partial charge is 0.378 e. The van der Waals surface area contributed by atoms with Crippen molar-refractivity contribution in [3.8, 4) is 0 Å². The molecule has 0 spiro atoms. The number of hydrogen-bond acceptors (Lipinski definition) is 3. The van der Waals surface area contributed by atoms with Crippen molar-refractivity contribution in [3.63, 3.8) is 0 Å². The lowest BCUT2D eigenvalue weighted by molar-refractivity contribution is 1.05. The topological polar surface area (TPSA) is 53.6 Å². The van der Waals surface area contributed by atoms with Gasteiger partial charge in [-0.1, -0.05) is 18.2 Å². The van der Waals surface area contributed by atoms with Crippen LogP contribution in [0.4, 0.5) is 5.69 Å². The number of aromatic nitrogens is 3. The molecule has 0 saturated heterocycles. The highest BCUT2D eigenvalue weighted by atomic mass is 15.0. The SMILES string of the molecule is Cc1ncc(CNc2cccc3cccnc23)[nH]1. The molecule has 1 aromatic carbocycles. The third-order valence-corrected chi connectivity index (χ3v) is 2.86. The normalized spacial score (nSPS) is 10.7. The molecule has 0 amide bonds. The van der Waals surface area contributed by atoms with Gasteiger partial charge in [-0.2, -0.15) is 0 Å². The third kappa shape index (κ3) is 2.05. The molecule has 0 aliphatic heterocycles. The van der Waals surface area contributed by atoms with E-state index in [1.807, 2.05) is 37.5 Å². The van der Waals surface area contributed by atoms with E-state index >= 15 is 0 Å². The van der Waals surface area contributed by atoms with Crippen LogP contribution in [-0.4, -0.2) is 15.0 Å². The van der Waals surface area contributed by atoms with Crippen LogP contribution in [0, 0.1) is 6.92 Å². The molecule has 0 saturated carbocycles. The molecule has 2 heterocycles. The zero-order chi connectivity index (χ0) is 12.4. The number of hydrogen-bond donors (Lipinski definition) is 2. The number of benzene rings is 1. The maximum Gasteiger partial charge on any atom is 0.103 e. The van der Waals surface area contributed by atoms with Crippen LogP contribution in [0.5, 0.6) is 0 Å². The van der Waals surface area contributed by atoms with E-state index in [4.69, 9.17) is 0 Å². The third-order valence-electron chi connectivity index (χ3n) is 2.86. The van der Waals surface area contributed by atoms with E-state index in [2.05, 4.69) is 32.4 Å². The number of pyridine rings is 1. The summed E-state index contributed by atoms with van der Waals surface area (Å²) in [6.07, 6.45) is 3.66. The number of fused-ring (bicyclic) bond motifs is 1. The first-order valence-corrected chi connectivity index (χ1v) is 5.91. The molecule has 0 bridgehead atoms. The van der Waals surface area contributed by atoms with Gasteiger partial charge in [-0.25, -0.2) is 4.98 Å². The van der Waals surface area contributed by atoms with Gasteiger partial charge in [-0.05, 0) is 19.1 Å². The van der Waals surface area contributed by atoms with Gasteiger partial charge < -0.3 is 10.3 Å². The van der Waals surface area contributed by atoms with Crippen molar-refractivity contribution < 1.29 is 0 Å². The quantitative estimate of drug-likeness (QED) is 0.737. The Bertz CT molecular complexity index is 667. The number of aryl methyl sites for hydroxylation is 1. The molecule has 3 aromatic rings. The summed E-state index contributed by atoms with van der Waals surface area (Å²) in [6, 6.07) is 10.1. The number of aromatic amines is 1. The number of nitrogens with one attached hydrogen (secondary N) is 2. The molecule has 0 aliphatic rings. The van der Waals surface area contributed by atoms with Crippen LogP contribution in [0.3, 0.4) is 0 Å². The molecular weight excluding hydrogens is 224 g/mol. The Hall–Kier alpha value is -2.36. The van der Waals surface area contributed by atoms with Crippen molar-refractivity contribution in [2.45, 2.75) is 13.5 Å². The highest BCUT2D eigenvalue weighted by Crippen LogP contribution is 2.20. The van der Waals surface area contributed by atoms with Crippen molar-refractivity contribution in [1.82, 2.24) is 15.0 Å². The predicted octanol–water partition coefficient (Wildman–Crippen LogP) is 2.88. The lowest BCUT2D eigenvalue weighted by Crippen LogP contribution is -2.00. The van der Waals surface area contributed by atoms with Gasteiger partial charge in [0.1, 0.15) is 5.82 Å². The van der Waals surface area contributed by atoms with Gasteiger partial charge in [0.2, 0.25) is 0 Å². The molecule has 2 aromatic heterocycles. The van der Waals surface area contributed by atoms with Crippen LogP contribution in [0.15, 0.2) is 42.7 Å². The van der Waals surface area contributed by atoms with Crippen molar-refractivity contribution >= 4 is 16.6 Å². The van der Waals surface area contributed by atoms with Crippen LogP contribution in [-0.2, 0) is 6.54 Å². The second-order valence-electron chi connectivity index (χ2n) is 4.23. The summed E-state index contributed by atoms with van der Waals surface area (Å²) in [5, 5.41) is 4.53. The van der Waals surface area contributed by atoms with Gasteiger partial charge in [-0.15, -0.1) is 0 Å². The number of nitrogens with zero attached hydrogens (tertiary/aromatic N) is 2. The zero-order valence-electron chi connectivity index (χ0n) is 10.1. The molecule has 3 rings (SSSR count). The van der Waals surface area contributed by atoms with Gasteiger partial charge in [0.25, 0.3) is 0 Å². The van der Waals surface area contributed by atoms with E-state index in [-0.39, 0.29) is 0 Å². The van der Waals surface area contributed by atoms with E-state index in [0.29, 0.717) is 0 Å². The molecule has 4 heteroatoms. The van der Waals surface area contributed by atoms with Gasteiger partial charge in [0.15, 0.2) is 0 Å². The summed E-state index contributed by atoms with van der Waals surface area (Å²) in [6.45, 7) is 2.67. The Balaban J connectivity index is 1.86. The summed E-state index contributed by atoms with van der Waals surface area (Å²) in [7, 11) is 0. The van der Waals surface area contributed by atoms with Crippen molar-refractivity contribution in [2.75, 3.05) is 5.32 Å². The van der Waals surface area contributed by atoms with Crippen molar-refractivity contribution in [2.24, 2.45) is 0 Å². The van der Waals surface area contributed by atoms with Crippen LogP contribution in [0.25, 0.3) is 10.9 Å². The average molecular weight is 238 g/mol. The number of H-pyrrole nitrogens is 1. The molecule has 4 nitrogen and oxygen atoms in total. The first-order chi connectivity index (χ1) is 8.83. The highest BCUT2D eigenvalue weighted by Gasteiger charge is 2.02. The van der Waals surface area contributed by atoms with Crippen LogP contribution < -0.4 is 5.32 Å². The smallest absolute Gasteiger partial charge is 0.103 e. The summed E-state index contributed by atoms with van der Waals surface area (Å²) in [5.74, 6) is 0.933. The second kappa shape index (κ2) is 4.49. The molecule has 2 N–H and O–H groups in total. The molecule has 0 fully saturated rings. The van der Waals surface area contributed by atoms with Crippen LogP contribution in [0.2, 0.25) is 0 Å². The van der Waals surface area contributed by atoms with E-state index in [1.54, 1.807) is 0 Å². The molecule has 0 atom stereocenters. The molecule has 0 radical (unpaired) electrons. The minimum Gasteiger partial charge on any atom is -0.378 e. The van der Waals surface area contributed by atoms with Crippen molar-refractivity contribution in [1.29, 1.82) is 0 Å². The Labute approximate surface area is 105 Å². The average Bonchev–Trinajstić information content (AvgIpc) is 2.82. The van der Waals surface area contributed by atoms with E-state index < -0.39 is 0 Å². The van der Waals surface area contributed by atoms with Crippen molar-refractivity contribution in [3.05, 3.63) is 54.2 Å². The zero-order valence-corrected chi connectivity index (χ0v) is 10.1. The summed E-state index contributed by atoms with van der Waals surface area (Å²) in [4.78, 5) is 11.8. The minimum atomic E-state index is 0.719. The molecule has 0 unspecified atom stereocenters. The Kier molecular flexibility index (Phi) is 2.68. The van der Waals surface area contributed by atoms with Gasteiger partial charge in [0, 0.05) is 11.6 Å². The second-order valence-corrected chi connectivity index (χ2v) is 4.23. The fourth-order valence-corrected chi connectivity index (χ4v) is 2.00. The maximum atomic E-state index is 4.41.